The van der Waals surface area contributed by atoms with Crippen molar-refractivity contribution in [2.75, 3.05) is 13.1 Å². The quantitative estimate of drug-likeness (QED) is 0.903. The van der Waals surface area contributed by atoms with E-state index in [4.69, 9.17) is 0 Å². The van der Waals surface area contributed by atoms with Crippen LogP contribution in [0.2, 0.25) is 0 Å². The fourth-order valence-electron chi connectivity index (χ4n) is 2.67. The molecule has 0 aliphatic carbocycles. The van der Waals surface area contributed by atoms with E-state index in [0.29, 0.717) is 6.04 Å². The van der Waals surface area contributed by atoms with Gasteiger partial charge in [-0.2, -0.15) is 0 Å². The summed E-state index contributed by atoms with van der Waals surface area (Å²) in [5.74, 6) is 0.192. The van der Waals surface area contributed by atoms with Crippen molar-refractivity contribution < 1.29 is 4.79 Å². The van der Waals surface area contributed by atoms with E-state index >= 15 is 0 Å². The molecule has 0 bridgehead atoms. The third-order valence-corrected chi connectivity index (χ3v) is 5.15. The van der Waals surface area contributed by atoms with Gasteiger partial charge in [-0.15, -0.1) is 11.3 Å². The first-order valence-corrected chi connectivity index (χ1v) is 8.56. The predicted octanol–water partition coefficient (Wildman–Crippen LogP) is 3.30. The summed E-state index contributed by atoms with van der Waals surface area (Å²) < 4.78 is 0. The first-order valence-electron chi connectivity index (χ1n) is 7.75. The first-order chi connectivity index (χ1) is 9.61. The monoisotopic (exact) mass is 294 g/mol. The Bertz CT molecular complexity index is 435. The number of hydrogen-bond donors (Lipinski definition) is 1. The molecule has 4 heteroatoms. The van der Waals surface area contributed by atoms with Crippen molar-refractivity contribution in [1.29, 1.82) is 0 Å². The Morgan fingerprint density at radius 2 is 2.25 bits per heavy atom. The Labute approximate surface area is 126 Å². The zero-order valence-electron chi connectivity index (χ0n) is 12.8. The lowest BCUT2D eigenvalue weighted by Crippen LogP contribution is -2.48. The number of carbonyl (C=O) groups excluding carboxylic acids is 1. The Morgan fingerprint density at radius 1 is 1.45 bits per heavy atom. The van der Waals surface area contributed by atoms with Gasteiger partial charge in [-0.25, -0.2) is 0 Å². The largest absolute Gasteiger partial charge is 0.334 e. The van der Waals surface area contributed by atoms with Crippen LogP contribution >= 0.6 is 11.3 Å². The van der Waals surface area contributed by atoms with Crippen LogP contribution in [0, 0.1) is 0 Å². The summed E-state index contributed by atoms with van der Waals surface area (Å²) in [5.41, 5.74) is 0. The van der Waals surface area contributed by atoms with Crippen LogP contribution in [-0.2, 0) is 6.42 Å². The summed E-state index contributed by atoms with van der Waals surface area (Å²) in [6.07, 6.45) is 4.72. The second kappa shape index (κ2) is 7.23. The molecule has 1 saturated heterocycles. The lowest BCUT2D eigenvalue weighted by atomic mass is 10.0. The van der Waals surface area contributed by atoms with Crippen LogP contribution in [0.1, 0.15) is 54.6 Å². The molecule has 1 fully saturated rings. The highest BCUT2D eigenvalue weighted by Crippen LogP contribution is 2.21. The third kappa shape index (κ3) is 3.83. The molecule has 1 N–H and O–H groups in total. The van der Waals surface area contributed by atoms with Crippen LogP contribution in [-0.4, -0.2) is 36.0 Å². The molecule has 3 nitrogen and oxygen atoms in total. The van der Waals surface area contributed by atoms with Crippen LogP contribution < -0.4 is 5.32 Å². The SMILES string of the molecule is CCc1ccc(C(=O)N(CC2CCCCN2)C(C)C)s1. The minimum Gasteiger partial charge on any atom is -0.334 e. The van der Waals surface area contributed by atoms with E-state index in [1.165, 1.54) is 24.1 Å². The Kier molecular flexibility index (Phi) is 5.61. The molecule has 1 aromatic heterocycles. The van der Waals surface area contributed by atoms with Gasteiger partial charge in [0.2, 0.25) is 0 Å². The van der Waals surface area contributed by atoms with E-state index < -0.39 is 0 Å². The average Bonchev–Trinajstić information content (AvgIpc) is 2.94. The van der Waals surface area contributed by atoms with E-state index in [1.807, 2.05) is 11.0 Å². The first kappa shape index (κ1) is 15.5. The highest BCUT2D eigenvalue weighted by atomic mass is 32.1. The van der Waals surface area contributed by atoms with Crippen molar-refractivity contribution in [3.05, 3.63) is 21.9 Å². The highest BCUT2D eigenvalue weighted by molar-refractivity contribution is 7.14. The van der Waals surface area contributed by atoms with Crippen LogP contribution in [0.4, 0.5) is 0 Å². The summed E-state index contributed by atoms with van der Waals surface area (Å²) in [4.78, 5) is 16.9. The maximum Gasteiger partial charge on any atom is 0.264 e. The van der Waals surface area contributed by atoms with E-state index in [0.717, 1.165) is 24.4 Å². The molecular weight excluding hydrogens is 268 g/mol. The molecule has 112 valence electrons. The van der Waals surface area contributed by atoms with Gasteiger partial charge in [0.15, 0.2) is 0 Å². The second-order valence-electron chi connectivity index (χ2n) is 5.82. The molecule has 0 saturated carbocycles. The van der Waals surface area contributed by atoms with Crippen LogP contribution in [0.25, 0.3) is 0 Å². The molecule has 1 unspecified atom stereocenters. The molecule has 1 aromatic rings. The van der Waals surface area contributed by atoms with Gasteiger partial charge in [-0.3, -0.25) is 4.79 Å². The molecule has 0 radical (unpaired) electrons. The molecule has 1 aliphatic heterocycles. The summed E-state index contributed by atoms with van der Waals surface area (Å²) in [6.45, 7) is 8.26. The maximum absolute atomic E-state index is 12.7. The van der Waals surface area contributed by atoms with Gasteiger partial charge in [0.05, 0.1) is 4.88 Å². The number of nitrogens with zero attached hydrogens (tertiary/aromatic N) is 1. The van der Waals surface area contributed by atoms with Gasteiger partial charge in [0, 0.05) is 23.5 Å². The maximum atomic E-state index is 12.7. The molecule has 2 rings (SSSR count). The second-order valence-corrected chi connectivity index (χ2v) is 6.99. The zero-order valence-corrected chi connectivity index (χ0v) is 13.6. The van der Waals surface area contributed by atoms with E-state index in [9.17, 15) is 4.79 Å². The number of thiophene rings is 1. The summed E-state index contributed by atoms with van der Waals surface area (Å²) in [7, 11) is 0. The van der Waals surface area contributed by atoms with Crippen molar-refractivity contribution in [2.45, 2.75) is 58.5 Å². The fourth-order valence-corrected chi connectivity index (χ4v) is 3.57. The van der Waals surface area contributed by atoms with Crippen molar-refractivity contribution in [1.82, 2.24) is 10.2 Å². The van der Waals surface area contributed by atoms with Crippen molar-refractivity contribution in [2.24, 2.45) is 0 Å². The normalized spacial score (nSPS) is 19.3. The number of aryl methyl sites for hydroxylation is 1. The molecule has 0 aromatic carbocycles. The summed E-state index contributed by atoms with van der Waals surface area (Å²) in [6, 6.07) is 4.77. The number of hydrogen-bond acceptors (Lipinski definition) is 3. The summed E-state index contributed by atoms with van der Waals surface area (Å²) in [5, 5.41) is 3.54. The zero-order chi connectivity index (χ0) is 14.5. The predicted molar refractivity (Wildman–Crippen MR) is 85.5 cm³/mol. The van der Waals surface area contributed by atoms with Crippen molar-refractivity contribution in [3.8, 4) is 0 Å². The number of rotatable bonds is 5. The van der Waals surface area contributed by atoms with Gasteiger partial charge in [0.1, 0.15) is 0 Å². The van der Waals surface area contributed by atoms with Gasteiger partial charge in [0.25, 0.3) is 5.91 Å². The van der Waals surface area contributed by atoms with Gasteiger partial charge < -0.3 is 10.2 Å². The van der Waals surface area contributed by atoms with Crippen LogP contribution in [0.15, 0.2) is 12.1 Å². The molecule has 1 amide bonds. The Morgan fingerprint density at radius 3 is 2.80 bits per heavy atom. The van der Waals surface area contributed by atoms with Crippen molar-refractivity contribution in [3.63, 3.8) is 0 Å². The minimum absolute atomic E-state index is 0.192. The Hall–Kier alpha value is -0.870. The molecule has 1 aliphatic rings. The van der Waals surface area contributed by atoms with Gasteiger partial charge in [-0.05, 0) is 51.8 Å². The minimum atomic E-state index is 0.192. The van der Waals surface area contributed by atoms with Gasteiger partial charge >= 0.3 is 0 Å². The lowest BCUT2D eigenvalue weighted by Gasteiger charge is -2.33. The fraction of sp³-hybridized carbons (Fsp3) is 0.688. The molecule has 20 heavy (non-hydrogen) atoms. The number of carbonyl (C=O) groups is 1. The smallest absolute Gasteiger partial charge is 0.264 e. The highest BCUT2D eigenvalue weighted by Gasteiger charge is 2.24. The molecule has 1 atom stereocenters. The summed E-state index contributed by atoms with van der Waals surface area (Å²) >= 11 is 1.64. The third-order valence-electron chi connectivity index (χ3n) is 3.93. The van der Waals surface area contributed by atoms with E-state index in [1.54, 1.807) is 11.3 Å². The lowest BCUT2D eigenvalue weighted by molar-refractivity contribution is 0.0682. The van der Waals surface area contributed by atoms with E-state index in [-0.39, 0.29) is 11.9 Å². The van der Waals surface area contributed by atoms with E-state index in [2.05, 4.69) is 32.2 Å². The average molecular weight is 294 g/mol. The molecular formula is C16H26N2OS. The Balaban J connectivity index is 2.04. The van der Waals surface area contributed by atoms with Crippen LogP contribution in [0.5, 0.6) is 0 Å². The van der Waals surface area contributed by atoms with Crippen LogP contribution in [0.3, 0.4) is 0 Å². The standard InChI is InChI=1S/C16H26N2OS/c1-4-14-8-9-15(20-14)16(19)18(12(2)3)11-13-7-5-6-10-17-13/h8-9,12-13,17H,4-7,10-11H2,1-3H3. The van der Waals surface area contributed by atoms with Crippen molar-refractivity contribution >= 4 is 17.2 Å². The number of piperidine rings is 1. The molecule has 2 heterocycles. The number of amides is 1. The van der Waals surface area contributed by atoms with Gasteiger partial charge in [-0.1, -0.05) is 13.3 Å². The molecule has 0 spiro atoms. The topological polar surface area (TPSA) is 32.3 Å². The number of nitrogens with one attached hydrogen (secondary N) is 1.